The number of nitrogens with two attached hydrogens (primary N) is 1. The van der Waals surface area contributed by atoms with Gasteiger partial charge >= 0.3 is 11.9 Å². The van der Waals surface area contributed by atoms with Gasteiger partial charge in [0.1, 0.15) is 16.9 Å². The Bertz CT molecular complexity index is 2140. The molecule has 0 bridgehead atoms. The van der Waals surface area contributed by atoms with Crippen molar-refractivity contribution in [1.29, 1.82) is 5.26 Å². The van der Waals surface area contributed by atoms with Crippen LogP contribution in [0.5, 0.6) is 0 Å². The van der Waals surface area contributed by atoms with Gasteiger partial charge in [0.2, 0.25) is 5.91 Å². The van der Waals surface area contributed by atoms with Crippen LogP contribution in [0, 0.1) is 11.3 Å². The Labute approximate surface area is 294 Å². The lowest BCUT2D eigenvalue weighted by molar-refractivity contribution is -0.137. The zero-order valence-corrected chi connectivity index (χ0v) is 28.8. The molecule has 1 amide bonds. The molecule has 1 saturated carbocycles. The van der Waals surface area contributed by atoms with Gasteiger partial charge in [-0.1, -0.05) is 18.7 Å². The molecule has 2 aromatic carbocycles. The van der Waals surface area contributed by atoms with Gasteiger partial charge in [0, 0.05) is 96.6 Å². The van der Waals surface area contributed by atoms with Crippen molar-refractivity contribution in [2.75, 3.05) is 75.3 Å². The molecular weight excluding hydrogens is 686 g/mol. The van der Waals surface area contributed by atoms with E-state index >= 15 is 13.2 Å². The number of halogens is 3. The first-order valence-corrected chi connectivity index (χ1v) is 18.5. The molecule has 2 N–H and O–H groups in total. The lowest BCUT2D eigenvalue weighted by Crippen LogP contribution is -2.50. The predicted molar refractivity (Wildman–Crippen MR) is 191 cm³/mol. The van der Waals surface area contributed by atoms with Crippen LogP contribution in [-0.2, 0) is 11.0 Å². The summed E-state index contributed by atoms with van der Waals surface area (Å²) >= 11 is 2.49. The molecule has 2 aromatic heterocycles. The van der Waals surface area contributed by atoms with Crippen LogP contribution in [0.1, 0.15) is 30.0 Å². The first-order valence-electron chi connectivity index (χ1n) is 16.7. The molecule has 2 saturated heterocycles. The number of hydrogen-bond acceptors (Lipinski definition) is 10. The van der Waals surface area contributed by atoms with Gasteiger partial charge in [-0.15, -0.1) is 23.1 Å². The number of fused-ring (bicyclic) bond motifs is 1. The molecule has 50 heavy (non-hydrogen) atoms. The number of thiophene rings is 1. The number of nitriles is 1. The molecule has 15 heteroatoms. The van der Waals surface area contributed by atoms with Crippen LogP contribution in [0.4, 0.5) is 24.0 Å². The molecule has 1 atom stereocenters. The molecule has 3 fully saturated rings. The quantitative estimate of drug-likeness (QED) is 0.275. The summed E-state index contributed by atoms with van der Waals surface area (Å²) in [5.74, 6) is 0.339. The van der Waals surface area contributed by atoms with Crippen molar-refractivity contribution in [3.8, 4) is 17.2 Å². The Morgan fingerprint density at radius 2 is 1.86 bits per heavy atom. The zero-order valence-electron chi connectivity index (χ0n) is 27.2. The van der Waals surface area contributed by atoms with Crippen molar-refractivity contribution in [3.05, 3.63) is 58.5 Å². The monoisotopic (exact) mass is 720 g/mol. The van der Waals surface area contributed by atoms with E-state index < -0.39 is 17.4 Å². The second-order valence-corrected chi connectivity index (χ2v) is 15.4. The zero-order chi connectivity index (χ0) is 34.9. The van der Waals surface area contributed by atoms with E-state index in [1.54, 1.807) is 32.6 Å². The van der Waals surface area contributed by atoms with Gasteiger partial charge < -0.3 is 15.5 Å². The molecule has 4 aliphatic rings. The molecule has 1 unspecified atom stereocenters. The minimum absolute atomic E-state index is 0.0573. The van der Waals surface area contributed by atoms with Crippen molar-refractivity contribution in [2.24, 2.45) is 0 Å². The number of aromatic nitrogens is 2. The summed E-state index contributed by atoms with van der Waals surface area (Å²) in [6.07, 6.45) is -1.05. The van der Waals surface area contributed by atoms with Crippen LogP contribution in [0.2, 0.25) is 0 Å². The molecular formula is C35H35F3N8O2S2. The van der Waals surface area contributed by atoms with Crippen LogP contribution in [0.25, 0.3) is 32.1 Å². The van der Waals surface area contributed by atoms with Crippen LogP contribution >= 0.6 is 23.1 Å². The third-order valence-corrected chi connectivity index (χ3v) is 12.6. The fourth-order valence-corrected chi connectivity index (χ4v) is 10.0. The fourth-order valence-electron chi connectivity index (χ4n) is 7.76. The molecule has 4 aromatic rings. The van der Waals surface area contributed by atoms with E-state index in [9.17, 15) is 14.9 Å². The van der Waals surface area contributed by atoms with E-state index in [4.69, 9.17) is 5.73 Å². The highest BCUT2D eigenvalue weighted by Crippen LogP contribution is 2.52. The van der Waals surface area contributed by atoms with Crippen LogP contribution in [-0.4, -0.2) is 101 Å². The Balaban J connectivity index is 1.33. The van der Waals surface area contributed by atoms with E-state index in [1.807, 2.05) is 0 Å². The summed E-state index contributed by atoms with van der Waals surface area (Å²) in [4.78, 5) is 39.6. The van der Waals surface area contributed by atoms with Gasteiger partial charge in [0.15, 0.2) is 0 Å². The van der Waals surface area contributed by atoms with Gasteiger partial charge in [-0.25, -0.2) is 4.79 Å². The lowest BCUT2D eigenvalue weighted by Gasteiger charge is -2.39. The first-order chi connectivity index (χ1) is 24.1. The van der Waals surface area contributed by atoms with Crippen molar-refractivity contribution in [3.63, 3.8) is 0 Å². The van der Waals surface area contributed by atoms with Gasteiger partial charge in [0.05, 0.1) is 22.7 Å². The number of amides is 1. The maximum Gasteiger partial charge on any atom is 0.417 e. The lowest BCUT2D eigenvalue weighted by atomic mass is 9.92. The first kappa shape index (κ1) is 33.1. The molecule has 10 nitrogen and oxygen atoms in total. The van der Waals surface area contributed by atoms with Gasteiger partial charge in [-0.2, -0.15) is 23.4 Å². The Hall–Kier alpha value is -4.10. The predicted octanol–water partition coefficient (Wildman–Crippen LogP) is 5.01. The minimum atomic E-state index is -4.78. The van der Waals surface area contributed by atoms with Crippen LogP contribution in [0.15, 0.2) is 46.6 Å². The molecule has 0 spiro atoms. The van der Waals surface area contributed by atoms with Gasteiger partial charge in [-0.3, -0.25) is 19.2 Å². The van der Waals surface area contributed by atoms with Gasteiger partial charge in [0.25, 0.3) is 0 Å². The summed E-state index contributed by atoms with van der Waals surface area (Å²) in [6, 6.07) is 8.64. The second-order valence-electron chi connectivity index (χ2n) is 13.3. The van der Waals surface area contributed by atoms with E-state index in [2.05, 4.69) is 27.4 Å². The number of carbonyl (C=O) groups is 1. The maximum atomic E-state index is 15.3. The summed E-state index contributed by atoms with van der Waals surface area (Å²) < 4.78 is 48.2. The van der Waals surface area contributed by atoms with E-state index in [-0.39, 0.29) is 44.8 Å². The molecule has 260 valence electrons. The average Bonchev–Trinajstić information content (AvgIpc) is 3.91. The maximum absolute atomic E-state index is 15.3. The molecule has 5 heterocycles. The number of nitrogen functional groups attached to an aromatic ring is 1. The smallest absolute Gasteiger partial charge is 0.389 e. The summed E-state index contributed by atoms with van der Waals surface area (Å²) in [6.45, 7) is 8.99. The summed E-state index contributed by atoms with van der Waals surface area (Å²) in [5.41, 5.74) is 5.59. The topological polar surface area (TPSA) is 115 Å². The van der Waals surface area contributed by atoms with Crippen LogP contribution in [0.3, 0.4) is 0 Å². The second kappa shape index (κ2) is 12.6. The molecule has 8 rings (SSSR count). The van der Waals surface area contributed by atoms with E-state index in [0.717, 1.165) is 43.6 Å². The third-order valence-electron chi connectivity index (χ3n) is 10.4. The largest absolute Gasteiger partial charge is 0.417 e. The molecule has 0 radical (unpaired) electrons. The fraction of sp³-hybridized carbons (Fsp3) is 0.429. The number of anilines is 2. The van der Waals surface area contributed by atoms with Crippen molar-refractivity contribution in [2.45, 2.75) is 36.0 Å². The number of thioether (sulfide) groups is 1. The van der Waals surface area contributed by atoms with E-state index in [0.29, 0.717) is 65.0 Å². The Morgan fingerprint density at radius 3 is 2.52 bits per heavy atom. The van der Waals surface area contributed by atoms with Crippen molar-refractivity contribution in [1.82, 2.24) is 24.3 Å². The number of alkyl halides is 3. The molecule has 3 aliphatic heterocycles. The number of benzene rings is 2. The number of piperazine rings is 2. The van der Waals surface area contributed by atoms with Crippen molar-refractivity contribution < 1.29 is 18.0 Å². The van der Waals surface area contributed by atoms with Crippen molar-refractivity contribution >= 4 is 60.8 Å². The Kier molecular flexibility index (Phi) is 8.33. The number of carbonyl (C=O) groups excluding carboxylic acids is 1. The van der Waals surface area contributed by atoms with E-state index in [1.165, 1.54) is 30.7 Å². The number of rotatable bonds is 6. The minimum Gasteiger partial charge on any atom is -0.389 e. The summed E-state index contributed by atoms with van der Waals surface area (Å²) in [7, 11) is 0. The van der Waals surface area contributed by atoms with Crippen LogP contribution < -0.4 is 16.3 Å². The highest BCUT2D eigenvalue weighted by Gasteiger charge is 2.41. The summed E-state index contributed by atoms with van der Waals surface area (Å²) in [5, 5.41) is 10.9. The highest BCUT2D eigenvalue weighted by atomic mass is 32.2. The highest BCUT2D eigenvalue weighted by molar-refractivity contribution is 7.99. The standard InChI is InChI=1S/C35H35F3N8O2S2/c1-2-27(47)44-12-14-45(15-13-44)33-23-16-25(35(36,37)38)29(22-4-3-5-26-28(22)24(17-39)32(40)50-26)31-30(23)46(34(48)41-33)21(19-49-31)18-42-8-10-43(11-9-42)20-6-7-20/h2-5,16,20-21H,1,6-15,18-19,40H2. The number of hydrogen-bond donors (Lipinski definition) is 1. The average molecular weight is 721 g/mol. The number of nitrogens with zero attached hydrogens (tertiary/aromatic N) is 7. The SMILES string of the molecule is C=CC(=O)N1CCN(c2nc(=O)n3c4c(c(-c5cccc6sc(N)c(C#N)c56)c(C(F)(F)F)cc24)SCC3CN2CCN(C3CC3)CC2)CC1. The Morgan fingerprint density at radius 1 is 1.12 bits per heavy atom. The third kappa shape index (κ3) is 5.62. The van der Waals surface area contributed by atoms with Gasteiger partial charge in [-0.05, 0) is 36.6 Å². The molecule has 1 aliphatic carbocycles. The normalized spacial score (nSPS) is 20.4.